The fraction of sp³-hybridized carbons (Fsp3) is 0.654. The molecule has 0 radical (unpaired) electrons. The minimum absolute atomic E-state index is 0.00416. The highest BCUT2D eigenvalue weighted by molar-refractivity contribution is 8.00. The van der Waals surface area contributed by atoms with Crippen LogP contribution in [0.15, 0.2) is 29.2 Å². The van der Waals surface area contributed by atoms with Crippen molar-refractivity contribution in [1.82, 2.24) is 10.6 Å². The molecule has 33 heavy (non-hydrogen) atoms. The fourth-order valence-corrected chi connectivity index (χ4v) is 7.56. The maximum absolute atomic E-state index is 12.9. The molecule has 178 valence electrons. The van der Waals surface area contributed by atoms with E-state index < -0.39 is 5.97 Å². The Bertz CT molecular complexity index is 893. The van der Waals surface area contributed by atoms with Gasteiger partial charge in [0.2, 0.25) is 5.91 Å². The van der Waals surface area contributed by atoms with Crippen LogP contribution in [0.3, 0.4) is 0 Å². The molecule has 1 aromatic carbocycles. The molecule has 2 N–H and O–H groups in total. The number of esters is 1. The molecule has 5 fully saturated rings. The number of carbonyl (C=O) groups is 3. The normalized spacial score (nSPS) is 30.5. The molecule has 6 rings (SSSR count). The van der Waals surface area contributed by atoms with Gasteiger partial charge in [0.15, 0.2) is 6.61 Å². The second-order valence-corrected chi connectivity index (χ2v) is 11.8. The molecule has 5 saturated carbocycles. The zero-order valence-electron chi connectivity index (χ0n) is 19.3. The minimum Gasteiger partial charge on any atom is -0.452 e. The lowest BCUT2D eigenvalue weighted by molar-refractivity contribution is -0.125. The van der Waals surface area contributed by atoms with Gasteiger partial charge in [0.05, 0.1) is 11.3 Å². The minimum atomic E-state index is -0.534. The first-order valence-electron chi connectivity index (χ1n) is 12.4. The average molecular weight is 471 g/mol. The summed E-state index contributed by atoms with van der Waals surface area (Å²) in [6.07, 6.45) is 9.69. The monoisotopic (exact) mass is 470 g/mol. The molecule has 1 atom stereocenters. The van der Waals surface area contributed by atoms with Gasteiger partial charge in [0.1, 0.15) is 0 Å². The third-order valence-electron chi connectivity index (χ3n) is 7.96. The zero-order valence-corrected chi connectivity index (χ0v) is 20.1. The number of carbonyl (C=O) groups excluding carboxylic acids is 3. The largest absolute Gasteiger partial charge is 0.452 e. The SMILES string of the molecule is CC(NC(=O)COC(=O)c1ccccc1SCC(=O)NC12CC3CC(CC(C3)C1)C2)C1CC1. The summed E-state index contributed by atoms with van der Waals surface area (Å²) in [5.41, 5.74) is 0.392. The van der Waals surface area contributed by atoms with Crippen molar-refractivity contribution in [2.24, 2.45) is 23.7 Å². The Hall–Kier alpha value is -2.02. The Morgan fingerprint density at radius 2 is 1.67 bits per heavy atom. The average Bonchev–Trinajstić information content (AvgIpc) is 3.60. The van der Waals surface area contributed by atoms with Gasteiger partial charge < -0.3 is 15.4 Å². The van der Waals surface area contributed by atoms with E-state index in [0.717, 1.165) is 49.9 Å². The molecule has 6 nitrogen and oxygen atoms in total. The Balaban J connectivity index is 1.12. The highest BCUT2D eigenvalue weighted by Crippen LogP contribution is 2.55. The highest BCUT2D eigenvalue weighted by atomic mass is 32.2. The van der Waals surface area contributed by atoms with Crippen LogP contribution in [-0.2, 0) is 14.3 Å². The van der Waals surface area contributed by atoms with Gasteiger partial charge in [-0.15, -0.1) is 11.8 Å². The molecule has 1 aromatic rings. The second-order valence-electron chi connectivity index (χ2n) is 10.8. The van der Waals surface area contributed by atoms with Crippen molar-refractivity contribution in [3.8, 4) is 0 Å². The van der Waals surface area contributed by atoms with Gasteiger partial charge in [0, 0.05) is 16.5 Å². The van der Waals surface area contributed by atoms with E-state index in [1.165, 1.54) is 31.0 Å². The van der Waals surface area contributed by atoms with Crippen molar-refractivity contribution in [3.63, 3.8) is 0 Å². The maximum atomic E-state index is 12.9. The summed E-state index contributed by atoms with van der Waals surface area (Å²) < 4.78 is 5.26. The number of thioether (sulfide) groups is 1. The number of nitrogens with one attached hydrogen (secondary N) is 2. The summed E-state index contributed by atoms with van der Waals surface area (Å²) in [6.45, 7) is 1.69. The van der Waals surface area contributed by atoms with Gasteiger partial charge in [-0.25, -0.2) is 4.79 Å². The lowest BCUT2D eigenvalue weighted by Gasteiger charge is -2.56. The van der Waals surface area contributed by atoms with Crippen molar-refractivity contribution >= 4 is 29.5 Å². The first-order valence-corrected chi connectivity index (χ1v) is 13.4. The van der Waals surface area contributed by atoms with Gasteiger partial charge in [-0.3, -0.25) is 9.59 Å². The topological polar surface area (TPSA) is 84.5 Å². The van der Waals surface area contributed by atoms with Gasteiger partial charge >= 0.3 is 5.97 Å². The van der Waals surface area contributed by atoms with E-state index >= 15 is 0 Å². The first-order chi connectivity index (χ1) is 15.9. The van der Waals surface area contributed by atoms with Crippen LogP contribution in [0.25, 0.3) is 0 Å². The van der Waals surface area contributed by atoms with Crippen LogP contribution >= 0.6 is 11.8 Å². The highest BCUT2D eigenvalue weighted by Gasteiger charge is 2.51. The molecule has 5 aliphatic rings. The van der Waals surface area contributed by atoms with Crippen LogP contribution in [0.4, 0.5) is 0 Å². The van der Waals surface area contributed by atoms with Gasteiger partial charge in [-0.1, -0.05) is 12.1 Å². The molecule has 1 unspecified atom stereocenters. The fourth-order valence-electron chi connectivity index (χ4n) is 6.72. The number of hydrogen-bond acceptors (Lipinski definition) is 5. The Morgan fingerprint density at radius 3 is 2.30 bits per heavy atom. The van der Waals surface area contributed by atoms with Crippen molar-refractivity contribution in [1.29, 1.82) is 0 Å². The van der Waals surface area contributed by atoms with E-state index in [0.29, 0.717) is 16.4 Å². The summed E-state index contributed by atoms with van der Waals surface area (Å²) in [7, 11) is 0. The summed E-state index contributed by atoms with van der Waals surface area (Å²) in [4.78, 5) is 38.3. The predicted octanol–water partition coefficient (Wildman–Crippen LogP) is 3.94. The Labute approximate surface area is 200 Å². The van der Waals surface area contributed by atoms with E-state index in [1.807, 2.05) is 19.1 Å². The summed E-state index contributed by atoms with van der Waals surface area (Å²) in [5.74, 6) is 2.39. The molecule has 2 amide bonds. The van der Waals surface area contributed by atoms with Crippen molar-refractivity contribution in [3.05, 3.63) is 29.8 Å². The number of amides is 2. The van der Waals surface area contributed by atoms with Crippen molar-refractivity contribution < 1.29 is 19.1 Å². The molecule has 7 heteroatoms. The predicted molar refractivity (Wildman–Crippen MR) is 127 cm³/mol. The molecule has 0 heterocycles. The van der Waals surface area contributed by atoms with E-state index in [2.05, 4.69) is 10.6 Å². The van der Waals surface area contributed by atoms with Crippen LogP contribution in [0.5, 0.6) is 0 Å². The number of ether oxygens (including phenoxy) is 1. The zero-order chi connectivity index (χ0) is 23.0. The van der Waals surface area contributed by atoms with Crippen LogP contribution < -0.4 is 10.6 Å². The number of rotatable bonds is 9. The molecule has 0 saturated heterocycles. The maximum Gasteiger partial charge on any atom is 0.339 e. The smallest absolute Gasteiger partial charge is 0.339 e. The molecule has 0 aromatic heterocycles. The molecule has 5 aliphatic carbocycles. The van der Waals surface area contributed by atoms with Crippen molar-refractivity contribution in [2.75, 3.05) is 12.4 Å². The lowest BCUT2D eigenvalue weighted by Crippen LogP contribution is -2.60. The number of hydrogen-bond donors (Lipinski definition) is 2. The third-order valence-corrected chi connectivity index (χ3v) is 9.03. The van der Waals surface area contributed by atoms with E-state index in [-0.39, 0.29) is 35.8 Å². The quantitative estimate of drug-likeness (QED) is 0.422. The van der Waals surface area contributed by atoms with Crippen LogP contribution in [0, 0.1) is 23.7 Å². The molecule has 0 spiro atoms. The molecule has 0 aliphatic heterocycles. The van der Waals surface area contributed by atoms with Gasteiger partial charge in [-0.2, -0.15) is 0 Å². The summed E-state index contributed by atoms with van der Waals surface area (Å²) in [5, 5.41) is 6.28. The first kappa shape index (κ1) is 22.8. The van der Waals surface area contributed by atoms with Gasteiger partial charge in [-0.05, 0) is 94.1 Å². The molecular formula is C26H34N2O4S. The third kappa shape index (κ3) is 5.39. The van der Waals surface area contributed by atoms with E-state index in [4.69, 9.17) is 4.74 Å². The van der Waals surface area contributed by atoms with Crippen LogP contribution in [0.1, 0.15) is 68.6 Å². The lowest BCUT2D eigenvalue weighted by atomic mass is 9.53. The van der Waals surface area contributed by atoms with Crippen LogP contribution in [0.2, 0.25) is 0 Å². The van der Waals surface area contributed by atoms with Gasteiger partial charge in [0.25, 0.3) is 5.91 Å². The summed E-state index contributed by atoms with van der Waals surface area (Å²) in [6, 6.07) is 7.25. The van der Waals surface area contributed by atoms with Crippen molar-refractivity contribution in [2.45, 2.75) is 74.8 Å². The Morgan fingerprint density at radius 1 is 1.03 bits per heavy atom. The molecule has 4 bridgehead atoms. The van der Waals surface area contributed by atoms with E-state index in [9.17, 15) is 14.4 Å². The summed E-state index contributed by atoms with van der Waals surface area (Å²) >= 11 is 1.36. The number of benzene rings is 1. The van der Waals surface area contributed by atoms with Crippen LogP contribution in [-0.4, -0.2) is 41.7 Å². The standard InChI is InChI=1S/C26H34N2O4S/c1-16(20-6-7-20)27-23(29)14-32-25(31)21-4-2-3-5-22(21)33-15-24(30)28-26-11-17-8-18(12-26)10-19(9-17)13-26/h2-5,16-20H,6-15H2,1H3,(H,27,29)(H,28,30). The molecular weight excluding hydrogens is 436 g/mol. The Kier molecular flexibility index (Phi) is 6.43. The second kappa shape index (κ2) is 9.32. The van der Waals surface area contributed by atoms with E-state index in [1.54, 1.807) is 12.1 Å².